The second-order valence-corrected chi connectivity index (χ2v) is 6.91. The normalized spacial score (nSPS) is 24.8. The lowest BCUT2D eigenvalue weighted by atomic mass is 10.1. The molecule has 1 nitrogen and oxygen atoms in total. The Balaban J connectivity index is 2.10. The molecule has 1 N–H and O–H groups in total. The highest BCUT2D eigenvalue weighted by atomic mass is 79.9. The molecule has 3 heteroatoms. The van der Waals surface area contributed by atoms with Crippen LogP contribution in [0.4, 0.5) is 5.69 Å². The number of nitrogens with one attached hydrogen (secondary N) is 1. The van der Waals surface area contributed by atoms with Crippen molar-refractivity contribution in [2.24, 2.45) is 0 Å². The van der Waals surface area contributed by atoms with Crippen molar-refractivity contribution < 1.29 is 0 Å². The maximum Gasteiger partial charge on any atom is 0.0362 e. The van der Waals surface area contributed by atoms with E-state index in [1.807, 2.05) is 0 Å². The molecule has 1 saturated heterocycles. The smallest absolute Gasteiger partial charge is 0.0362 e. The van der Waals surface area contributed by atoms with E-state index in [4.69, 9.17) is 0 Å². The van der Waals surface area contributed by atoms with Crippen molar-refractivity contribution in [2.75, 3.05) is 11.1 Å². The first kappa shape index (κ1) is 12.3. The third-order valence-corrected chi connectivity index (χ3v) is 5.61. The second-order valence-electron chi connectivity index (χ2n) is 4.64. The van der Waals surface area contributed by atoms with Crippen molar-refractivity contribution in [2.45, 2.75) is 38.5 Å². The van der Waals surface area contributed by atoms with Gasteiger partial charge in [0.2, 0.25) is 0 Å². The summed E-state index contributed by atoms with van der Waals surface area (Å²) in [6.45, 7) is 6.60. The molecule has 0 aromatic heterocycles. The third kappa shape index (κ3) is 2.75. The Hall–Kier alpha value is -0.150. The topological polar surface area (TPSA) is 12.0 Å². The van der Waals surface area contributed by atoms with Crippen LogP contribution in [0.1, 0.15) is 24.5 Å². The highest BCUT2D eigenvalue weighted by molar-refractivity contribution is 9.10. The van der Waals surface area contributed by atoms with Gasteiger partial charge in [-0.15, -0.1) is 0 Å². The number of benzene rings is 1. The quantitative estimate of drug-likeness (QED) is 0.870. The molecule has 0 radical (unpaired) electrons. The summed E-state index contributed by atoms with van der Waals surface area (Å²) in [6.07, 6.45) is 1.28. The van der Waals surface area contributed by atoms with Gasteiger partial charge in [-0.3, -0.25) is 0 Å². The van der Waals surface area contributed by atoms with Crippen molar-refractivity contribution in [1.82, 2.24) is 0 Å². The Morgan fingerprint density at radius 1 is 1.31 bits per heavy atom. The molecule has 1 heterocycles. The summed E-state index contributed by atoms with van der Waals surface area (Å²) >= 11 is 5.67. The molecule has 0 aliphatic carbocycles. The van der Waals surface area contributed by atoms with Crippen LogP contribution in [0.15, 0.2) is 16.6 Å². The van der Waals surface area contributed by atoms with Gasteiger partial charge in [0, 0.05) is 27.2 Å². The van der Waals surface area contributed by atoms with E-state index in [0.29, 0.717) is 6.04 Å². The minimum absolute atomic E-state index is 0.639. The van der Waals surface area contributed by atoms with Crippen LogP contribution >= 0.6 is 27.7 Å². The van der Waals surface area contributed by atoms with Crippen LogP contribution in [0.3, 0.4) is 0 Å². The van der Waals surface area contributed by atoms with Crippen LogP contribution in [0.25, 0.3) is 0 Å². The minimum atomic E-state index is 0.639. The maximum atomic E-state index is 3.64. The van der Waals surface area contributed by atoms with Crippen LogP contribution in [-0.4, -0.2) is 17.0 Å². The van der Waals surface area contributed by atoms with Crippen LogP contribution in [0.2, 0.25) is 0 Å². The molecule has 0 bridgehead atoms. The van der Waals surface area contributed by atoms with E-state index in [2.05, 4.69) is 65.9 Å². The Labute approximate surface area is 111 Å². The standard InChI is InChI=1S/C13H18BrNS/c1-8-4-11(5-9(2)13(8)14)15-12-6-10(3)16-7-12/h4-5,10,12,15H,6-7H2,1-3H3. The summed E-state index contributed by atoms with van der Waals surface area (Å²) in [5, 5.41) is 4.44. The molecular formula is C13H18BrNS. The minimum Gasteiger partial charge on any atom is -0.381 e. The zero-order valence-corrected chi connectivity index (χ0v) is 12.4. The Kier molecular flexibility index (Phi) is 3.85. The first-order chi connectivity index (χ1) is 7.56. The zero-order valence-electron chi connectivity index (χ0n) is 10.0. The lowest BCUT2D eigenvalue weighted by molar-refractivity contribution is 0.747. The number of rotatable bonds is 2. The number of anilines is 1. The van der Waals surface area contributed by atoms with Gasteiger partial charge in [0.1, 0.15) is 0 Å². The van der Waals surface area contributed by atoms with Gasteiger partial charge < -0.3 is 5.32 Å². The molecule has 88 valence electrons. The molecule has 2 rings (SSSR count). The van der Waals surface area contributed by atoms with Crippen molar-refractivity contribution >= 4 is 33.4 Å². The van der Waals surface area contributed by atoms with Crippen LogP contribution in [0, 0.1) is 13.8 Å². The van der Waals surface area contributed by atoms with Gasteiger partial charge in [0.05, 0.1) is 0 Å². The van der Waals surface area contributed by atoms with E-state index in [9.17, 15) is 0 Å². The fourth-order valence-electron chi connectivity index (χ4n) is 2.18. The molecule has 2 atom stereocenters. The lowest BCUT2D eigenvalue weighted by Crippen LogP contribution is -2.19. The molecule has 0 spiro atoms. The van der Waals surface area contributed by atoms with Crippen molar-refractivity contribution in [3.05, 3.63) is 27.7 Å². The highest BCUT2D eigenvalue weighted by Crippen LogP contribution is 2.30. The molecule has 0 amide bonds. The summed E-state index contributed by atoms with van der Waals surface area (Å²) in [5.41, 5.74) is 3.88. The van der Waals surface area contributed by atoms with Gasteiger partial charge in [-0.2, -0.15) is 11.8 Å². The Morgan fingerprint density at radius 2 is 1.94 bits per heavy atom. The number of hydrogen-bond donors (Lipinski definition) is 1. The van der Waals surface area contributed by atoms with Crippen molar-refractivity contribution in [3.8, 4) is 0 Å². The summed E-state index contributed by atoms with van der Waals surface area (Å²) in [7, 11) is 0. The first-order valence-electron chi connectivity index (χ1n) is 5.71. The monoisotopic (exact) mass is 299 g/mol. The summed E-state index contributed by atoms with van der Waals surface area (Å²) in [5.74, 6) is 1.23. The van der Waals surface area contributed by atoms with Crippen LogP contribution in [-0.2, 0) is 0 Å². The van der Waals surface area contributed by atoms with Gasteiger partial charge >= 0.3 is 0 Å². The Bertz CT molecular complexity index is 369. The molecule has 16 heavy (non-hydrogen) atoms. The van der Waals surface area contributed by atoms with Gasteiger partial charge in [-0.25, -0.2) is 0 Å². The van der Waals surface area contributed by atoms with Gasteiger partial charge in [0.25, 0.3) is 0 Å². The second kappa shape index (κ2) is 5.01. The highest BCUT2D eigenvalue weighted by Gasteiger charge is 2.21. The molecule has 1 aliphatic heterocycles. The van der Waals surface area contributed by atoms with Gasteiger partial charge in [0.15, 0.2) is 0 Å². The van der Waals surface area contributed by atoms with E-state index in [1.165, 1.54) is 33.5 Å². The average molecular weight is 300 g/mol. The number of thioether (sulfide) groups is 1. The summed E-state index contributed by atoms with van der Waals surface area (Å²) in [4.78, 5) is 0. The van der Waals surface area contributed by atoms with Crippen LogP contribution in [0.5, 0.6) is 0 Å². The predicted octanol–water partition coefficient (Wildman–Crippen LogP) is 4.37. The third-order valence-electron chi connectivity index (χ3n) is 3.01. The molecule has 1 aliphatic rings. The van der Waals surface area contributed by atoms with E-state index in [0.717, 1.165) is 5.25 Å². The van der Waals surface area contributed by atoms with Crippen LogP contribution < -0.4 is 5.32 Å². The maximum absolute atomic E-state index is 3.64. The molecule has 1 fully saturated rings. The molecule has 0 saturated carbocycles. The predicted molar refractivity (Wildman–Crippen MR) is 77.6 cm³/mol. The number of halogens is 1. The molecular weight excluding hydrogens is 282 g/mol. The molecule has 1 aromatic carbocycles. The average Bonchev–Trinajstić information content (AvgIpc) is 2.60. The summed E-state index contributed by atoms with van der Waals surface area (Å²) in [6, 6.07) is 5.09. The molecule has 1 aromatic rings. The fraction of sp³-hybridized carbons (Fsp3) is 0.538. The van der Waals surface area contributed by atoms with E-state index < -0.39 is 0 Å². The van der Waals surface area contributed by atoms with Crippen molar-refractivity contribution in [1.29, 1.82) is 0 Å². The Morgan fingerprint density at radius 3 is 2.44 bits per heavy atom. The zero-order chi connectivity index (χ0) is 11.7. The van der Waals surface area contributed by atoms with Crippen molar-refractivity contribution in [3.63, 3.8) is 0 Å². The largest absolute Gasteiger partial charge is 0.381 e. The number of hydrogen-bond acceptors (Lipinski definition) is 2. The van der Waals surface area contributed by atoms with E-state index in [1.54, 1.807) is 0 Å². The van der Waals surface area contributed by atoms with Gasteiger partial charge in [-0.05, 0) is 43.5 Å². The number of aryl methyl sites for hydroxylation is 2. The van der Waals surface area contributed by atoms with Gasteiger partial charge in [-0.1, -0.05) is 22.9 Å². The first-order valence-corrected chi connectivity index (χ1v) is 7.55. The van der Waals surface area contributed by atoms with E-state index in [-0.39, 0.29) is 0 Å². The lowest BCUT2D eigenvalue weighted by Gasteiger charge is -2.15. The van der Waals surface area contributed by atoms with E-state index >= 15 is 0 Å². The molecule has 2 unspecified atom stereocenters. The SMILES string of the molecule is Cc1cc(NC2CSC(C)C2)cc(C)c1Br. The fourth-order valence-corrected chi connectivity index (χ4v) is 3.56. The summed E-state index contributed by atoms with van der Waals surface area (Å²) < 4.78 is 1.23.